The first-order valence-corrected chi connectivity index (χ1v) is 15.8. The Morgan fingerprint density at radius 3 is 2.57 bits per heavy atom. The van der Waals surface area contributed by atoms with E-state index in [0.29, 0.717) is 27.1 Å². The predicted octanol–water partition coefficient (Wildman–Crippen LogP) is 6.68. The summed E-state index contributed by atoms with van der Waals surface area (Å²) in [5.74, 6) is -0.230. The third-order valence-corrected chi connectivity index (χ3v) is 10.00. The Morgan fingerprint density at radius 1 is 1.05 bits per heavy atom. The summed E-state index contributed by atoms with van der Waals surface area (Å²) < 4.78 is 29.9. The largest absolute Gasteiger partial charge is 0.465 e. The van der Waals surface area contributed by atoms with E-state index in [9.17, 15) is 13.8 Å². The van der Waals surface area contributed by atoms with Crippen LogP contribution in [0.15, 0.2) is 77.8 Å². The molecule has 3 unspecified atom stereocenters. The number of carbonyl (C=O) groups is 2. The Bertz CT molecular complexity index is 1650. The molecule has 2 aliphatic rings. The number of fused-ring (bicyclic) bond motifs is 1. The molecule has 42 heavy (non-hydrogen) atoms. The SMILES string of the molecule is COC(=O)c1ccc(Oc2cnc(NC(=O)C(OC3CCc4ccccc43)c3ccc(S(=O)C4CC4)cc3)s2)cc1C. The number of thiazole rings is 1. The number of esters is 1. The smallest absolute Gasteiger partial charge is 0.338 e. The number of ether oxygens (including phenoxy) is 3. The molecule has 1 N–H and O–H groups in total. The molecule has 1 heterocycles. The van der Waals surface area contributed by atoms with Gasteiger partial charge in [0.1, 0.15) is 5.75 Å². The number of nitrogens with one attached hydrogen (secondary N) is 1. The minimum Gasteiger partial charge on any atom is -0.465 e. The van der Waals surface area contributed by atoms with E-state index in [2.05, 4.69) is 16.4 Å². The maximum Gasteiger partial charge on any atom is 0.338 e. The number of hydrogen-bond acceptors (Lipinski definition) is 8. The van der Waals surface area contributed by atoms with Gasteiger partial charge in [-0.25, -0.2) is 9.78 Å². The van der Waals surface area contributed by atoms with Crippen LogP contribution in [0.5, 0.6) is 10.8 Å². The minimum absolute atomic E-state index is 0.219. The summed E-state index contributed by atoms with van der Waals surface area (Å²) in [5.41, 5.74) is 4.19. The third kappa shape index (κ3) is 6.16. The van der Waals surface area contributed by atoms with Crippen molar-refractivity contribution in [3.63, 3.8) is 0 Å². The van der Waals surface area contributed by atoms with Crippen LogP contribution in [0.4, 0.5) is 5.13 Å². The summed E-state index contributed by atoms with van der Waals surface area (Å²) in [6.07, 6.45) is 4.07. The van der Waals surface area contributed by atoms with Crippen molar-refractivity contribution in [2.75, 3.05) is 12.4 Å². The molecular weight excluding hydrogens is 572 g/mol. The van der Waals surface area contributed by atoms with Crippen molar-refractivity contribution < 1.29 is 28.0 Å². The van der Waals surface area contributed by atoms with Crippen molar-refractivity contribution in [1.82, 2.24) is 4.98 Å². The first-order valence-electron chi connectivity index (χ1n) is 13.8. The molecule has 4 aromatic rings. The fourth-order valence-corrected chi connectivity index (χ4v) is 7.10. The van der Waals surface area contributed by atoms with Crippen LogP contribution in [0.3, 0.4) is 0 Å². The quantitative estimate of drug-likeness (QED) is 0.202. The maximum atomic E-state index is 13.7. The van der Waals surface area contributed by atoms with E-state index in [4.69, 9.17) is 14.2 Å². The molecule has 0 bridgehead atoms. The second-order valence-corrected chi connectivity index (χ2v) is 13.1. The Labute approximate surface area is 250 Å². The van der Waals surface area contributed by atoms with Gasteiger partial charge in [0.05, 0.1) is 35.8 Å². The van der Waals surface area contributed by atoms with Gasteiger partial charge in [-0.05, 0) is 85.2 Å². The zero-order valence-corrected chi connectivity index (χ0v) is 24.8. The van der Waals surface area contributed by atoms with Crippen LogP contribution in [0.2, 0.25) is 0 Å². The number of anilines is 1. The molecule has 1 aromatic heterocycles. The zero-order valence-electron chi connectivity index (χ0n) is 23.2. The monoisotopic (exact) mass is 602 g/mol. The van der Waals surface area contributed by atoms with Gasteiger partial charge in [0.15, 0.2) is 11.2 Å². The molecule has 216 valence electrons. The minimum atomic E-state index is -1.03. The third-order valence-electron chi connectivity index (χ3n) is 7.39. The average molecular weight is 603 g/mol. The van der Waals surface area contributed by atoms with Gasteiger partial charge < -0.3 is 14.2 Å². The van der Waals surface area contributed by atoms with Crippen LogP contribution in [-0.2, 0) is 31.5 Å². The van der Waals surface area contributed by atoms with E-state index in [0.717, 1.165) is 41.7 Å². The predicted molar refractivity (Wildman–Crippen MR) is 161 cm³/mol. The highest BCUT2D eigenvalue weighted by Gasteiger charge is 2.32. The van der Waals surface area contributed by atoms with Crippen LogP contribution in [0, 0.1) is 6.92 Å². The summed E-state index contributed by atoms with van der Waals surface area (Å²) in [6.45, 7) is 1.80. The molecule has 3 aromatic carbocycles. The zero-order chi connectivity index (χ0) is 29.2. The van der Waals surface area contributed by atoms with Gasteiger partial charge in [-0.15, -0.1) is 0 Å². The molecule has 3 atom stereocenters. The number of benzene rings is 3. The van der Waals surface area contributed by atoms with Gasteiger partial charge in [0.25, 0.3) is 5.91 Å². The van der Waals surface area contributed by atoms with Gasteiger partial charge in [-0.2, -0.15) is 0 Å². The molecule has 1 saturated carbocycles. The van der Waals surface area contributed by atoms with E-state index >= 15 is 0 Å². The number of amides is 1. The second-order valence-electron chi connectivity index (χ2n) is 10.4. The lowest BCUT2D eigenvalue weighted by Gasteiger charge is -2.22. The second kappa shape index (κ2) is 12.2. The highest BCUT2D eigenvalue weighted by Crippen LogP contribution is 2.39. The van der Waals surface area contributed by atoms with Gasteiger partial charge >= 0.3 is 5.97 Å². The molecule has 0 saturated heterocycles. The lowest BCUT2D eigenvalue weighted by atomic mass is 10.1. The fraction of sp³-hybridized carbons (Fsp3) is 0.281. The van der Waals surface area contributed by atoms with E-state index in [1.54, 1.807) is 25.1 Å². The van der Waals surface area contributed by atoms with Gasteiger partial charge in [-0.3, -0.25) is 14.3 Å². The summed E-state index contributed by atoms with van der Waals surface area (Å²) in [4.78, 5) is 30.7. The number of methoxy groups -OCH3 is 1. The molecular formula is C32H30N2O6S2. The normalized spacial score (nSPS) is 17.2. The Kier molecular flexibility index (Phi) is 8.19. The molecule has 0 radical (unpaired) electrons. The lowest BCUT2D eigenvalue weighted by Crippen LogP contribution is -2.24. The van der Waals surface area contributed by atoms with Crippen molar-refractivity contribution in [2.24, 2.45) is 0 Å². The standard InChI is InChI=1S/C32H30N2O6S2/c1-19-17-22(10-15-25(19)31(36)38-2)39-28-18-33-32(41-28)34-30(35)29(40-27-16-9-20-5-3-4-6-26(20)27)21-7-11-23(12-8-21)42(37)24-13-14-24/h3-8,10-12,15,17-18,24,27,29H,9,13-14,16H2,1-2H3,(H,33,34,35). The van der Waals surface area contributed by atoms with E-state index in [1.165, 1.54) is 30.2 Å². The molecule has 0 aliphatic heterocycles. The molecule has 0 spiro atoms. The summed E-state index contributed by atoms with van der Waals surface area (Å²) in [5, 5.41) is 3.97. The Morgan fingerprint density at radius 2 is 1.83 bits per heavy atom. The number of rotatable bonds is 10. The highest BCUT2D eigenvalue weighted by atomic mass is 32.2. The first-order chi connectivity index (χ1) is 20.4. The number of hydrogen-bond donors (Lipinski definition) is 1. The number of aryl methyl sites for hydroxylation is 2. The number of carbonyl (C=O) groups excluding carboxylic acids is 2. The van der Waals surface area contributed by atoms with Crippen molar-refractivity contribution in [3.8, 4) is 10.8 Å². The molecule has 8 nitrogen and oxygen atoms in total. The van der Waals surface area contributed by atoms with Crippen molar-refractivity contribution in [2.45, 2.75) is 55.0 Å². The van der Waals surface area contributed by atoms with Gasteiger partial charge in [-0.1, -0.05) is 47.7 Å². The first kappa shape index (κ1) is 28.3. The van der Waals surface area contributed by atoms with Gasteiger partial charge in [0.2, 0.25) is 5.06 Å². The summed E-state index contributed by atoms with van der Waals surface area (Å²) in [7, 11) is 0.313. The number of nitrogens with zero attached hydrogens (tertiary/aromatic N) is 1. The molecule has 6 rings (SSSR count). The van der Waals surface area contributed by atoms with Crippen molar-refractivity contribution in [3.05, 3.63) is 101 Å². The van der Waals surface area contributed by atoms with Crippen LogP contribution in [0.1, 0.15) is 64.1 Å². The molecule has 10 heteroatoms. The molecule has 2 aliphatic carbocycles. The van der Waals surface area contributed by atoms with Crippen LogP contribution < -0.4 is 10.1 Å². The fourth-order valence-electron chi connectivity index (χ4n) is 5.06. The van der Waals surface area contributed by atoms with Crippen molar-refractivity contribution >= 4 is 39.1 Å². The van der Waals surface area contributed by atoms with Gasteiger partial charge in [0, 0.05) is 10.1 Å². The van der Waals surface area contributed by atoms with Crippen LogP contribution >= 0.6 is 11.3 Å². The average Bonchev–Trinajstić information content (AvgIpc) is 3.64. The maximum absolute atomic E-state index is 13.7. The molecule has 1 amide bonds. The Hall–Kier alpha value is -3.86. The van der Waals surface area contributed by atoms with Crippen LogP contribution in [0.25, 0.3) is 0 Å². The lowest BCUT2D eigenvalue weighted by molar-refractivity contribution is -0.132. The molecule has 1 fully saturated rings. The topological polar surface area (TPSA) is 104 Å². The van der Waals surface area contributed by atoms with E-state index < -0.39 is 22.9 Å². The van der Waals surface area contributed by atoms with E-state index in [-0.39, 0.29) is 17.3 Å². The van der Waals surface area contributed by atoms with E-state index in [1.807, 2.05) is 42.5 Å². The van der Waals surface area contributed by atoms with Crippen LogP contribution in [-0.4, -0.2) is 33.4 Å². The Balaban J connectivity index is 1.19. The summed E-state index contributed by atoms with van der Waals surface area (Å²) in [6, 6.07) is 20.5. The van der Waals surface area contributed by atoms with Crippen molar-refractivity contribution in [1.29, 1.82) is 0 Å². The highest BCUT2D eigenvalue weighted by molar-refractivity contribution is 7.86. The summed E-state index contributed by atoms with van der Waals surface area (Å²) >= 11 is 1.18. The number of aromatic nitrogens is 1.